The lowest BCUT2D eigenvalue weighted by molar-refractivity contribution is -0.186. The third-order valence-electron chi connectivity index (χ3n) is 1.77. The summed E-state index contributed by atoms with van der Waals surface area (Å²) in [5.41, 5.74) is 5.81. The Labute approximate surface area is 112 Å². The second kappa shape index (κ2) is 6.21. The summed E-state index contributed by atoms with van der Waals surface area (Å²) in [4.78, 5) is 0.0532. The number of hydrogen-bond donors (Lipinski definition) is 1. The van der Waals surface area contributed by atoms with Crippen LogP contribution in [0.4, 0.5) is 13.2 Å². The van der Waals surface area contributed by atoms with Gasteiger partial charge in [0, 0.05) is 5.02 Å². The van der Waals surface area contributed by atoms with E-state index in [0.717, 1.165) is 0 Å². The van der Waals surface area contributed by atoms with Gasteiger partial charge in [-0.15, -0.1) is 0 Å². The number of thiocarbonyl (C=S) groups is 1. The van der Waals surface area contributed by atoms with Crippen LogP contribution in [0.1, 0.15) is 5.56 Å². The highest BCUT2D eigenvalue weighted by atomic mass is 35.5. The number of alkyl halides is 3. The minimum absolute atomic E-state index is 0.0532. The number of ether oxygens (including phenoxy) is 2. The Bertz CT molecular complexity index is 440. The molecule has 0 atom stereocenters. The molecule has 0 bridgehead atoms. The van der Waals surface area contributed by atoms with Crippen molar-refractivity contribution in [3.8, 4) is 5.75 Å². The lowest BCUT2D eigenvalue weighted by Gasteiger charge is -2.12. The highest BCUT2D eigenvalue weighted by Crippen LogP contribution is 2.23. The summed E-state index contributed by atoms with van der Waals surface area (Å²) in [6, 6.07) is 4.45. The van der Waals surface area contributed by atoms with Gasteiger partial charge in [0.25, 0.3) is 0 Å². The molecule has 0 heterocycles. The average Bonchev–Trinajstić information content (AvgIpc) is 2.22. The Morgan fingerprint density at radius 2 is 2.06 bits per heavy atom. The normalized spacial score (nSPS) is 11.3. The molecule has 0 fully saturated rings. The van der Waals surface area contributed by atoms with Gasteiger partial charge in [-0.1, -0.05) is 23.8 Å². The van der Waals surface area contributed by atoms with Gasteiger partial charge in [0.05, 0.1) is 5.56 Å². The molecule has 0 aliphatic carbocycles. The van der Waals surface area contributed by atoms with Crippen molar-refractivity contribution in [3.05, 3.63) is 28.8 Å². The van der Waals surface area contributed by atoms with Gasteiger partial charge in [-0.05, 0) is 18.2 Å². The van der Waals surface area contributed by atoms with Crippen LogP contribution in [0.2, 0.25) is 5.02 Å². The average molecular weight is 300 g/mol. The van der Waals surface area contributed by atoms with Crippen molar-refractivity contribution in [1.82, 2.24) is 0 Å². The van der Waals surface area contributed by atoms with E-state index in [1.165, 1.54) is 12.1 Å². The van der Waals surface area contributed by atoms with Crippen molar-refractivity contribution in [2.75, 3.05) is 13.4 Å². The fraction of sp³-hybridized carbons (Fsp3) is 0.300. The Balaban J connectivity index is 2.61. The zero-order chi connectivity index (χ0) is 13.8. The molecule has 0 saturated heterocycles. The summed E-state index contributed by atoms with van der Waals surface area (Å²) < 4.78 is 44.7. The van der Waals surface area contributed by atoms with Crippen molar-refractivity contribution in [3.63, 3.8) is 0 Å². The first-order valence-electron chi connectivity index (χ1n) is 4.66. The third-order valence-corrected chi connectivity index (χ3v) is 2.23. The Hall–Kier alpha value is -1.05. The number of hydrogen-bond acceptors (Lipinski definition) is 3. The standard InChI is InChI=1S/C10H9ClF3NO2S/c11-6-1-2-7(9(15)18)8(3-6)17-5-16-4-10(12,13)14/h1-3H,4-5H2,(H2,15,18). The highest BCUT2D eigenvalue weighted by molar-refractivity contribution is 7.80. The van der Waals surface area contributed by atoms with E-state index in [9.17, 15) is 13.2 Å². The molecule has 8 heteroatoms. The van der Waals surface area contributed by atoms with E-state index in [1.807, 2.05) is 0 Å². The minimum atomic E-state index is -4.40. The van der Waals surface area contributed by atoms with Crippen LogP contribution in [-0.2, 0) is 4.74 Å². The van der Waals surface area contributed by atoms with E-state index in [0.29, 0.717) is 10.6 Å². The summed E-state index contributed by atoms with van der Waals surface area (Å²) in [6.45, 7) is -1.97. The van der Waals surface area contributed by atoms with Crippen LogP contribution in [0.15, 0.2) is 18.2 Å². The topological polar surface area (TPSA) is 44.5 Å². The van der Waals surface area contributed by atoms with Crippen molar-refractivity contribution in [2.45, 2.75) is 6.18 Å². The largest absolute Gasteiger partial charge is 0.467 e. The molecule has 0 spiro atoms. The predicted octanol–water partition coefficient (Wildman–Crippen LogP) is 2.89. The van der Waals surface area contributed by atoms with Gasteiger partial charge < -0.3 is 15.2 Å². The molecule has 3 nitrogen and oxygen atoms in total. The minimum Gasteiger partial charge on any atom is -0.467 e. The monoisotopic (exact) mass is 299 g/mol. The van der Waals surface area contributed by atoms with Crippen LogP contribution in [-0.4, -0.2) is 24.6 Å². The summed E-state index contributed by atoms with van der Waals surface area (Å²) in [6.07, 6.45) is -4.40. The van der Waals surface area contributed by atoms with Gasteiger partial charge in [-0.25, -0.2) is 0 Å². The summed E-state index contributed by atoms with van der Waals surface area (Å²) in [7, 11) is 0. The number of rotatable bonds is 5. The fourth-order valence-electron chi connectivity index (χ4n) is 1.08. The van der Waals surface area contributed by atoms with Crippen molar-refractivity contribution < 1.29 is 22.6 Å². The van der Waals surface area contributed by atoms with E-state index in [1.54, 1.807) is 6.07 Å². The molecular formula is C10H9ClF3NO2S. The first-order valence-corrected chi connectivity index (χ1v) is 5.45. The summed E-state index contributed by atoms with van der Waals surface area (Å²) in [5, 5.41) is 0.348. The van der Waals surface area contributed by atoms with Crippen LogP contribution in [0, 0.1) is 0 Å². The molecule has 0 aromatic heterocycles. The molecule has 1 aromatic rings. The third kappa shape index (κ3) is 5.07. The molecule has 0 radical (unpaired) electrons. The van der Waals surface area contributed by atoms with Crippen molar-refractivity contribution in [1.29, 1.82) is 0 Å². The van der Waals surface area contributed by atoms with E-state index in [2.05, 4.69) is 4.74 Å². The lowest BCUT2D eigenvalue weighted by atomic mass is 10.2. The molecule has 18 heavy (non-hydrogen) atoms. The molecule has 1 rings (SSSR count). The number of benzene rings is 1. The number of halogens is 4. The van der Waals surface area contributed by atoms with Crippen LogP contribution in [0.5, 0.6) is 5.75 Å². The molecule has 0 unspecified atom stereocenters. The van der Waals surface area contributed by atoms with E-state index >= 15 is 0 Å². The predicted molar refractivity (Wildman–Crippen MR) is 64.8 cm³/mol. The smallest absolute Gasteiger partial charge is 0.411 e. The van der Waals surface area contributed by atoms with Gasteiger partial charge in [-0.3, -0.25) is 0 Å². The van der Waals surface area contributed by atoms with E-state index in [4.69, 9.17) is 34.3 Å². The maximum atomic E-state index is 11.8. The van der Waals surface area contributed by atoms with E-state index in [-0.39, 0.29) is 10.7 Å². The van der Waals surface area contributed by atoms with Gasteiger partial charge in [0.1, 0.15) is 17.3 Å². The van der Waals surface area contributed by atoms with Gasteiger partial charge in [-0.2, -0.15) is 13.2 Å². The first kappa shape index (κ1) is 15.0. The molecule has 1 aromatic carbocycles. The Kier molecular flexibility index (Phi) is 5.18. The fourth-order valence-corrected chi connectivity index (χ4v) is 1.41. The molecule has 0 amide bonds. The van der Waals surface area contributed by atoms with Crippen LogP contribution < -0.4 is 10.5 Å². The SMILES string of the molecule is NC(=S)c1ccc(Cl)cc1OCOCC(F)(F)F. The first-order chi connectivity index (χ1) is 8.29. The summed E-state index contributed by atoms with van der Waals surface area (Å²) >= 11 is 10.5. The maximum absolute atomic E-state index is 11.8. The van der Waals surface area contributed by atoms with E-state index < -0.39 is 19.6 Å². The maximum Gasteiger partial charge on any atom is 0.411 e. The summed E-state index contributed by atoms with van der Waals surface area (Å²) in [5.74, 6) is 0.178. The second-order valence-electron chi connectivity index (χ2n) is 3.23. The lowest BCUT2D eigenvalue weighted by Crippen LogP contribution is -2.19. The zero-order valence-electron chi connectivity index (χ0n) is 8.96. The van der Waals surface area contributed by atoms with Gasteiger partial charge >= 0.3 is 6.18 Å². The molecule has 2 N–H and O–H groups in total. The number of nitrogens with two attached hydrogens (primary N) is 1. The second-order valence-corrected chi connectivity index (χ2v) is 4.11. The molecule has 0 aliphatic heterocycles. The molecule has 0 saturated carbocycles. The van der Waals surface area contributed by atoms with Crippen LogP contribution >= 0.6 is 23.8 Å². The zero-order valence-corrected chi connectivity index (χ0v) is 10.5. The molecule has 0 aliphatic rings. The Morgan fingerprint density at radius 3 is 2.61 bits per heavy atom. The molecular weight excluding hydrogens is 291 g/mol. The van der Waals surface area contributed by atoms with Crippen LogP contribution in [0.3, 0.4) is 0 Å². The Morgan fingerprint density at radius 1 is 1.39 bits per heavy atom. The van der Waals surface area contributed by atoms with Crippen LogP contribution in [0.25, 0.3) is 0 Å². The van der Waals surface area contributed by atoms with Crippen molar-refractivity contribution in [2.24, 2.45) is 5.73 Å². The quantitative estimate of drug-likeness (QED) is 0.516. The molecule has 100 valence electrons. The van der Waals surface area contributed by atoms with Gasteiger partial charge in [0.2, 0.25) is 0 Å². The highest BCUT2D eigenvalue weighted by Gasteiger charge is 2.27. The van der Waals surface area contributed by atoms with Gasteiger partial charge in [0.15, 0.2) is 6.79 Å². The van der Waals surface area contributed by atoms with Crippen molar-refractivity contribution >= 4 is 28.8 Å².